The lowest BCUT2D eigenvalue weighted by molar-refractivity contribution is -0.384. The summed E-state index contributed by atoms with van der Waals surface area (Å²) in [5.74, 6) is -11.7. The number of rotatable bonds is 3. The van der Waals surface area contributed by atoms with Crippen molar-refractivity contribution >= 4 is 23.3 Å². The number of nitro benzene ring substituents is 1. The summed E-state index contributed by atoms with van der Waals surface area (Å²) >= 11 is 0. The van der Waals surface area contributed by atoms with Gasteiger partial charge in [-0.2, -0.15) is 0 Å². The SMILES string of the molecule is Nc1c([N+](=O)[O-])cc(C(=O)O)c(F)c1F.O=C(O)c1ccc(F)c(F)c1F. The van der Waals surface area contributed by atoms with E-state index in [1.165, 1.54) is 0 Å². The predicted octanol–water partition coefficient (Wildman–Crippen LogP) is 2.96. The number of nitrogen functional groups attached to an aromatic ring is 1. The monoisotopic (exact) mass is 394 g/mol. The highest BCUT2D eigenvalue weighted by molar-refractivity contribution is 5.90. The Balaban J connectivity index is 0.000000277. The molecule has 0 atom stereocenters. The fourth-order valence-corrected chi connectivity index (χ4v) is 1.62. The Bertz CT molecular complexity index is 912. The molecule has 13 heteroatoms. The maximum Gasteiger partial charge on any atom is 0.339 e. The molecule has 4 N–H and O–H groups in total. The summed E-state index contributed by atoms with van der Waals surface area (Å²) in [6.45, 7) is 0. The van der Waals surface area contributed by atoms with Gasteiger partial charge in [0, 0.05) is 6.07 Å². The number of aromatic carboxylic acids is 2. The molecule has 2 aromatic carbocycles. The molecule has 0 bridgehead atoms. The first-order valence-corrected chi connectivity index (χ1v) is 6.42. The van der Waals surface area contributed by atoms with Gasteiger partial charge in [0.2, 0.25) is 0 Å². The number of benzene rings is 2. The molecule has 8 nitrogen and oxygen atoms in total. The summed E-state index contributed by atoms with van der Waals surface area (Å²) in [5, 5.41) is 27.0. The van der Waals surface area contributed by atoms with E-state index in [1.54, 1.807) is 0 Å². The van der Waals surface area contributed by atoms with Crippen molar-refractivity contribution in [2.75, 3.05) is 5.73 Å². The quantitative estimate of drug-likeness (QED) is 0.239. The van der Waals surface area contributed by atoms with Gasteiger partial charge in [-0.3, -0.25) is 10.1 Å². The van der Waals surface area contributed by atoms with Gasteiger partial charge in [0.05, 0.1) is 10.5 Å². The molecule has 0 saturated carbocycles. The molecule has 144 valence electrons. The molecule has 0 unspecified atom stereocenters. The Morgan fingerprint density at radius 2 is 1.37 bits per heavy atom. The predicted molar refractivity (Wildman–Crippen MR) is 77.7 cm³/mol. The third kappa shape index (κ3) is 4.45. The Morgan fingerprint density at radius 1 is 0.889 bits per heavy atom. The van der Waals surface area contributed by atoms with E-state index in [2.05, 4.69) is 0 Å². The van der Waals surface area contributed by atoms with E-state index >= 15 is 0 Å². The molecule has 0 spiro atoms. The van der Waals surface area contributed by atoms with Crippen LogP contribution in [0.5, 0.6) is 0 Å². The Labute approximate surface area is 145 Å². The van der Waals surface area contributed by atoms with Crippen LogP contribution in [0, 0.1) is 39.2 Å². The van der Waals surface area contributed by atoms with Crippen LogP contribution in [0.4, 0.5) is 33.3 Å². The number of nitro groups is 1. The van der Waals surface area contributed by atoms with Crippen LogP contribution in [0.2, 0.25) is 0 Å². The van der Waals surface area contributed by atoms with Crippen molar-refractivity contribution in [3.05, 3.63) is 68.5 Å². The minimum absolute atomic E-state index is 0.371. The minimum Gasteiger partial charge on any atom is -0.478 e. The third-order valence-electron chi connectivity index (χ3n) is 2.92. The van der Waals surface area contributed by atoms with Gasteiger partial charge in [-0.15, -0.1) is 0 Å². The lowest BCUT2D eigenvalue weighted by Gasteiger charge is -2.02. The van der Waals surface area contributed by atoms with Crippen LogP contribution in [-0.2, 0) is 0 Å². The van der Waals surface area contributed by atoms with Crippen molar-refractivity contribution in [3.63, 3.8) is 0 Å². The average Bonchev–Trinajstić information content (AvgIpc) is 2.57. The van der Waals surface area contributed by atoms with Gasteiger partial charge in [-0.1, -0.05) is 0 Å². The second-order valence-corrected chi connectivity index (χ2v) is 4.58. The number of nitrogens with two attached hydrogens (primary N) is 1. The molecule has 2 aromatic rings. The van der Waals surface area contributed by atoms with Gasteiger partial charge >= 0.3 is 11.9 Å². The maximum absolute atomic E-state index is 12.9. The zero-order chi connectivity index (χ0) is 21.0. The number of carbonyl (C=O) groups is 2. The van der Waals surface area contributed by atoms with E-state index in [1.807, 2.05) is 0 Å². The topological polar surface area (TPSA) is 144 Å². The first kappa shape index (κ1) is 21.3. The van der Waals surface area contributed by atoms with Crippen molar-refractivity contribution in [2.24, 2.45) is 0 Å². The number of carboxylic acids is 2. The van der Waals surface area contributed by atoms with Crippen LogP contribution >= 0.6 is 0 Å². The van der Waals surface area contributed by atoms with Crippen LogP contribution in [-0.4, -0.2) is 27.1 Å². The lowest BCUT2D eigenvalue weighted by atomic mass is 10.1. The van der Waals surface area contributed by atoms with E-state index < -0.39 is 68.4 Å². The van der Waals surface area contributed by atoms with Gasteiger partial charge in [0.25, 0.3) is 5.69 Å². The zero-order valence-corrected chi connectivity index (χ0v) is 12.7. The first-order valence-electron chi connectivity index (χ1n) is 6.42. The molecule has 0 amide bonds. The minimum atomic E-state index is -1.81. The van der Waals surface area contributed by atoms with Crippen LogP contribution in [0.25, 0.3) is 0 Å². The number of hydrogen-bond acceptors (Lipinski definition) is 5. The highest BCUT2D eigenvalue weighted by Gasteiger charge is 2.26. The molecule has 0 heterocycles. The average molecular weight is 394 g/mol. The number of carboxylic acid groups (broad SMARTS) is 2. The molecule has 0 saturated heterocycles. The number of nitrogens with zero attached hydrogens (tertiary/aromatic N) is 1. The van der Waals surface area contributed by atoms with E-state index in [4.69, 9.17) is 15.9 Å². The van der Waals surface area contributed by atoms with Gasteiger partial charge in [0.15, 0.2) is 29.1 Å². The smallest absolute Gasteiger partial charge is 0.339 e. The number of hydrogen-bond donors (Lipinski definition) is 3. The maximum atomic E-state index is 12.9. The van der Waals surface area contributed by atoms with E-state index in [9.17, 15) is 41.7 Å². The molecule has 0 aliphatic carbocycles. The molecular formula is C14H7F5N2O6. The van der Waals surface area contributed by atoms with Crippen LogP contribution in [0.15, 0.2) is 18.2 Å². The Morgan fingerprint density at radius 3 is 1.81 bits per heavy atom. The summed E-state index contributed by atoms with van der Waals surface area (Å²) in [5.41, 5.74) is 0.886. The van der Waals surface area contributed by atoms with Crippen LogP contribution < -0.4 is 5.73 Å². The Hall–Kier alpha value is -3.77. The number of halogens is 5. The molecule has 2 rings (SSSR count). The highest BCUT2D eigenvalue weighted by atomic mass is 19.2. The third-order valence-corrected chi connectivity index (χ3v) is 2.92. The molecular weight excluding hydrogens is 387 g/mol. The second-order valence-electron chi connectivity index (χ2n) is 4.58. The van der Waals surface area contributed by atoms with E-state index in [0.29, 0.717) is 18.2 Å². The van der Waals surface area contributed by atoms with Crippen LogP contribution in [0.1, 0.15) is 20.7 Å². The van der Waals surface area contributed by atoms with Crippen molar-refractivity contribution in [1.29, 1.82) is 0 Å². The standard InChI is InChI=1S/C7H3F3O2.C7H4F2N2O4/c8-4-2-1-3(7(11)12)5(9)6(4)10;8-4-2(7(12)13)1-3(11(14)15)6(10)5(4)9/h1-2H,(H,11,12);1H,10H2,(H,12,13). The molecule has 0 fully saturated rings. The number of anilines is 1. The highest BCUT2D eigenvalue weighted by Crippen LogP contribution is 2.28. The summed E-state index contributed by atoms with van der Waals surface area (Å²) in [7, 11) is 0. The molecule has 0 aromatic heterocycles. The van der Waals surface area contributed by atoms with Gasteiger partial charge < -0.3 is 15.9 Å². The lowest BCUT2D eigenvalue weighted by Crippen LogP contribution is -2.08. The Kier molecular flexibility index (Phi) is 6.36. The zero-order valence-electron chi connectivity index (χ0n) is 12.7. The molecule has 27 heavy (non-hydrogen) atoms. The summed E-state index contributed by atoms with van der Waals surface area (Å²) in [4.78, 5) is 29.8. The fraction of sp³-hybridized carbons (Fsp3) is 0. The van der Waals surface area contributed by atoms with Crippen molar-refractivity contribution in [2.45, 2.75) is 0 Å². The molecule has 0 aliphatic rings. The normalized spacial score (nSPS) is 9.96. The first-order chi connectivity index (χ1) is 12.4. The fourth-order valence-electron chi connectivity index (χ4n) is 1.62. The van der Waals surface area contributed by atoms with Gasteiger partial charge in [0.1, 0.15) is 11.3 Å². The van der Waals surface area contributed by atoms with Gasteiger partial charge in [-0.25, -0.2) is 31.5 Å². The second kappa shape index (κ2) is 8.07. The molecule has 0 radical (unpaired) electrons. The van der Waals surface area contributed by atoms with Gasteiger partial charge in [-0.05, 0) is 12.1 Å². The van der Waals surface area contributed by atoms with E-state index in [0.717, 1.165) is 0 Å². The summed E-state index contributed by atoms with van der Waals surface area (Å²) < 4.78 is 62.9. The van der Waals surface area contributed by atoms with Crippen LogP contribution in [0.3, 0.4) is 0 Å². The summed E-state index contributed by atoms with van der Waals surface area (Å²) in [6, 6.07) is 1.59. The molecule has 0 aliphatic heterocycles. The van der Waals surface area contributed by atoms with Crippen molar-refractivity contribution in [1.82, 2.24) is 0 Å². The van der Waals surface area contributed by atoms with E-state index in [-0.39, 0.29) is 0 Å². The van der Waals surface area contributed by atoms with Crippen molar-refractivity contribution in [3.8, 4) is 0 Å². The largest absolute Gasteiger partial charge is 0.478 e. The summed E-state index contributed by atoms with van der Waals surface area (Å²) in [6.07, 6.45) is 0. The van der Waals surface area contributed by atoms with Crippen molar-refractivity contribution < 1.29 is 46.7 Å².